The molecule has 0 aromatic carbocycles. The van der Waals surface area contributed by atoms with Crippen LogP contribution in [0.5, 0.6) is 0 Å². The van der Waals surface area contributed by atoms with Crippen molar-refractivity contribution in [3.8, 4) is 0 Å². The van der Waals surface area contributed by atoms with Gasteiger partial charge in [0.15, 0.2) is 0 Å². The Kier molecular flexibility index (Phi) is 3.72. The zero-order chi connectivity index (χ0) is 11.4. The van der Waals surface area contributed by atoms with Gasteiger partial charge >= 0.3 is 0 Å². The van der Waals surface area contributed by atoms with Crippen molar-refractivity contribution in [3.05, 3.63) is 18.1 Å². The first kappa shape index (κ1) is 11.3. The van der Waals surface area contributed by atoms with Gasteiger partial charge in [-0.2, -0.15) is 0 Å². The number of nitrogens with one attached hydrogen (secondary N) is 1. The Balaban J connectivity index is 2.02. The van der Waals surface area contributed by atoms with E-state index in [0.717, 1.165) is 31.2 Å². The molecule has 1 N–H and O–H groups in total. The molecule has 1 aromatic heterocycles. The molecule has 1 saturated heterocycles. The lowest BCUT2D eigenvalue weighted by Gasteiger charge is -2.32. The first-order chi connectivity index (χ1) is 7.83. The molecule has 1 aromatic rings. The van der Waals surface area contributed by atoms with Crippen LogP contribution in [0.2, 0.25) is 0 Å². The largest absolute Gasteiger partial charge is 0.356 e. The van der Waals surface area contributed by atoms with E-state index in [1.807, 2.05) is 19.3 Å². The summed E-state index contributed by atoms with van der Waals surface area (Å²) in [6.45, 7) is 4.27. The van der Waals surface area contributed by atoms with E-state index >= 15 is 0 Å². The standard InChI is InChI=1S/C12H20N4/c1-3-11-14-7-4-12(15-11)16-8-5-10(13-2)6-9-16/h4,7,10,13H,3,5-6,8-9H2,1-2H3. The maximum atomic E-state index is 4.56. The Bertz CT molecular complexity index is 332. The maximum Gasteiger partial charge on any atom is 0.132 e. The lowest BCUT2D eigenvalue weighted by Crippen LogP contribution is -2.41. The van der Waals surface area contributed by atoms with Crippen LogP contribution in [0.25, 0.3) is 0 Å². The van der Waals surface area contributed by atoms with Crippen molar-refractivity contribution < 1.29 is 0 Å². The summed E-state index contributed by atoms with van der Waals surface area (Å²) in [7, 11) is 2.04. The van der Waals surface area contributed by atoms with Crippen LogP contribution in [-0.4, -0.2) is 36.1 Å². The molecule has 1 aliphatic rings. The summed E-state index contributed by atoms with van der Waals surface area (Å²) in [6, 6.07) is 2.68. The zero-order valence-corrected chi connectivity index (χ0v) is 10.1. The quantitative estimate of drug-likeness (QED) is 0.832. The Morgan fingerprint density at radius 1 is 1.44 bits per heavy atom. The summed E-state index contributed by atoms with van der Waals surface area (Å²) in [4.78, 5) is 11.1. The van der Waals surface area contributed by atoms with Crippen LogP contribution >= 0.6 is 0 Å². The number of piperidine rings is 1. The van der Waals surface area contributed by atoms with Gasteiger partial charge in [0.25, 0.3) is 0 Å². The van der Waals surface area contributed by atoms with Crippen LogP contribution in [0.1, 0.15) is 25.6 Å². The van der Waals surface area contributed by atoms with Crippen molar-refractivity contribution in [3.63, 3.8) is 0 Å². The Morgan fingerprint density at radius 3 is 2.81 bits per heavy atom. The highest BCUT2D eigenvalue weighted by atomic mass is 15.2. The maximum absolute atomic E-state index is 4.56. The molecule has 0 saturated carbocycles. The van der Waals surface area contributed by atoms with E-state index in [1.54, 1.807) is 0 Å². The molecule has 0 amide bonds. The predicted molar refractivity (Wildman–Crippen MR) is 65.7 cm³/mol. The van der Waals surface area contributed by atoms with Gasteiger partial charge in [-0.05, 0) is 26.0 Å². The summed E-state index contributed by atoms with van der Waals surface area (Å²) in [5.74, 6) is 2.02. The second-order valence-electron chi connectivity index (χ2n) is 4.23. The van der Waals surface area contributed by atoms with Gasteiger partial charge in [-0.15, -0.1) is 0 Å². The van der Waals surface area contributed by atoms with Crippen molar-refractivity contribution in [2.45, 2.75) is 32.2 Å². The third-order valence-corrected chi connectivity index (χ3v) is 3.23. The molecule has 2 heterocycles. The molecule has 4 nitrogen and oxygen atoms in total. The van der Waals surface area contributed by atoms with Gasteiger partial charge < -0.3 is 10.2 Å². The van der Waals surface area contributed by atoms with Crippen LogP contribution in [0, 0.1) is 0 Å². The summed E-state index contributed by atoms with van der Waals surface area (Å²) >= 11 is 0. The number of aryl methyl sites for hydroxylation is 1. The third-order valence-electron chi connectivity index (χ3n) is 3.23. The van der Waals surface area contributed by atoms with E-state index in [2.05, 4.69) is 27.1 Å². The lowest BCUT2D eigenvalue weighted by molar-refractivity contribution is 0.440. The van der Waals surface area contributed by atoms with Gasteiger partial charge in [-0.3, -0.25) is 0 Å². The van der Waals surface area contributed by atoms with E-state index in [-0.39, 0.29) is 0 Å². The molecule has 88 valence electrons. The van der Waals surface area contributed by atoms with E-state index in [1.165, 1.54) is 12.8 Å². The summed E-state index contributed by atoms with van der Waals surface area (Å²) in [5.41, 5.74) is 0. The molecule has 0 radical (unpaired) electrons. The number of aromatic nitrogens is 2. The minimum absolute atomic E-state index is 0.670. The number of hydrogen-bond acceptors (Lipinski definition) is 4. The zero-order valence-electron chi connectivity index (χ0n) is 10.1. The van der Waals surface area contributed by atoms with Gasteiger partial charge in [0, 0.05) is 31.7 Å². The highest BCUT2D eigenvalue weighted by molar-refractivity contribution is 5.38. The highest BCUT2D eigenvalue weighted by Crippen LogP contribution is 2.17. The smallest absolute Gasteiger partial charge is 0.132 e. The van der Waals surface area contributed by atoms with Gasteiger partial charge in [-0.25, -0.2) is 9.97 Å². The summed E-state index contributed by atoms with van der Waals surface area (Å²) < 4.78 is 0. The molecule has 0 unspecified atom stereocenters. The molecule has 16 heavy (non-hydrogen) atoms. The van der Waals surface area contributed by atoms with Crippen LogP contribution < -0.4 is 10.2 Å². The van der Waals surface area contributed by atoms with E-state index < -0.39 is 0 Å². The highest BCUT2D eigenvalue weighted by Gasteiger charge is 2.18. The topological polar surface area (TPSA) is 41.1 Å². The number of anilines is 1. The Morgan fingerprint density at radius 2 is 2.19 bits per heavy atom. The minimum atomic E-state index is 0.670. The summed E-state index contributed by atoms with van der Waals surface area (Å²) in [5, 5.41) is 3.34. The second-order valence-corrected chi connectivity index (χ2v) is 4.23. The first-order valence-electron chi connectivity index (χ1n) is 6.07. The molecular weight excluding hydrogens is 200 g/mol. The molecule has 0 spiro atoms. The number of nitrogens with zero attached hydrogens (tertiary/aromatic N) is 3. The van der Waals surface area contributed by atoms with E-state index in [0.29, 0.717) is 6.04 Å². The average molecular weight is 220 g/mol. The fourth-order valence-electron chi connectivity index (χ4n) is 2.13. The number of hydrogen-bond donors (Lipinski definition) is 1. The molecule has 0 atom stereocenters. The number of rotatable bonds is 3. The van der Waals surface area contributed by atoms with Gasteiger partial charge in [-0.1, -0.05) is 6.92 Å². The predicted octanol–water partition coefficient (Wildman–Crippen LogP) is 1.23. The minimum Gasteiger partial charge on any atom is -0.356 e. The SMILES string of the molecule is CCc1nccc(N2CCC(NC)CC2)n1. The van der Waals surface area contributed by atoms with Crippen molar-refractivity contribution in [1.82, 2.24) is 15.3 Å². The molecule has 0 aliphatic carbocycles. The lowest BCUT2D eigenvalue weighted by atomic mass is 10.1. The van der Waals surface area contributed by atoms with Gasteiger partial charge in [0.1, 0.15) is 11.6 Å². The fourth-order valence-corrected chi connectivity index (χ4v) is 2.13. The van der Waals surface area contributed by atoms with Crippen molar-refractivity contribution in [2.75, 3.05) is 25.0 Å². The van der Waals surface area contributed by atoms with E-state index in [9.17, 15) is 0 Å². The molecular formula is C12H20N4. The monoisotopic (exact) mass is 220 g/mol. The normalized spacial score (nSPS) is 17.8. The Hall–Kier alpha value is -1.16. The van der Waals surface area contributed by atoms with E-state index in [4.69, 9.17) is 0 Å². The fraction of sp³-hybridized carbons (Fsp3) is 0.667. The van der Waals surface area contributed by atoms with Crippen LogP contribution in [0.3, 0.4) is 0 Å². The summed E-state index contributed by atoms with van der Waals surface area (Å²) in [6.07, 6.45) is 5.16. The van der Waals surface area contributed by atoms with Crippen molar-refractivity contribution >= 4 is 5.82 Å². The van der Waals surface area contributed by atoms with Gasteiger partial charge in [0.05, 0.1) is 0 Å². The van der Waals surface area contributed by atoms with Gasteiger partial charge in [0.2, 0.25) is 0 Å². The molecule has 0 bridgehead atoms. The second kappa shape index (κ2) is 5.25. The van der Waals surface area contributed by atoms with Crippen LogP contribution in [-0.2, 0) is 6.42 Å². The first-order valence-corrected chi connectivity index (χ1v) is 6.07. The molecule has 4 heteroatoms. The average Bonchev–Trinajstić information content (AvgIpc) is 2.39. The van der Waals surface area contributed by atoms with Crippen LogP contribution in [0.4, 0.5) is 5.82 Å². The molecule has 2 rings (SSSR count). The van der Waals surface area contributed by atoms with Crippen molar-refractivity contribution in [2.24, 2.45) is 0 Å². The van der Waals surface area contributed by atoms with Crippen LogP contribution in [0.15, 0.2) is 12.3 Å². The third kappa shape index (κ3) is 2.50. The Labute approximate surface area is 97.1 Å². The molecule has 1 fully saturated rings. The molecule has 1 aliphatic heterocycles. The van der Waals surface area contributed by atoms with Crippen molar-refractivity contribution in [1.29, 1.82) is 0 Å².